The van der Waals surface area contributed by atoms with Crippen LogP contribution < -0.4 is 5.32 Å². The molecule has 1 aromatic rings. The van der Waals surface area contributed by atoms with E-state index in [4.69, 9.17) is 4.74 Å². The summed E-state index contributed by atoms with van der Waals surface area (Å²) < 4.78 is 6.37. The lowest BCUT2D eigenvalue weighted by molar-refractivity contribution is -0.132. The van der Waals surface area contributed by atoms with Gasteiger partial charge in [0, 0.05) is 63.6 Å². The van der Waals surface area contributed by atoms with Crippen LogP contribution in [0.5, 0.6) is 0 Å². The number of carbonyl (C=O) groups excluding carboxylic acids is 1. The highest BCUT2D eigenvalue weighted by atomic mass is 16.5. The van der Waals surface area contributed by atoms with Crippen molar-refractivity contribution in [1.82, 2.24) is 14.7 Å². The maximum Gasteiger partial charge on any atom is 0.321 e. The summed E-state index contributed by atoms with van der Waals surface area (Å²) in [6, 6.07) is 7.37. The fourth-order valence-electron chi connectivity index (χ4n) is 5.42. The Morgan fingerprint density at radius 1 is 1.06 bits per heavy atom. The molecule has 0 radical (unpaired) electrons. The first-order valence-electron chi connectivity index (χ1n) is 12.1. The highest BCUT2D eigenvalue weighted by Crippen LogP contribution is 2.37. The number of likely N-dealkylation sites (tertiary alicyclic amines) is 1. The van der Waals surface area contributed by atoms with Gasteiger partial charge in [-0.3, -0.25) is 9.80 Å². The van der Waals surface area contributed by atoms with Crippen molar-refractivity contribution in [2.24, 2.45) is 0 Å². The van der Waals surface area contributed by atoms with E-state index >= 15 is 0 Å². The third-order valence-electron chi connectivity index (χ3n) is 7.78. The average molecular weight is 429 g/mol. The quantitative estimate of drug-likeness (QED) is 0.794. The molecular formula is C25H40N4O2. The van der Waals surface area contributed by atoms with Crippen molar-refractivity contribution in [1.29, 1.82) is 0 Å². The fraction of sp³-hybridized carbons (Fsp3) is 0.720. The van der Waals surface area contributed by atoms with Crippen LogP contribution in [-0.2, 0) is 4.74 Å². The van der Waals surface area contributed by atoms with Gasteiger partial charge in [-0.2, -0.15) is 0 Å². The van der Waals surface area contributed by atoms with Gasteiger partial charge >= 0.3 is 6.03 Å². The van der Waals surface area contributed by atoms with E-state index in [9.17, 15) is 4.79 Å². The zero-order valence-electron chi connectivity index (χ0n) is 19.8. The molecule has 1 N–H and O–H groups in total. The second kappa shape index (κ2) is 9.47. The van der Waals surface area contributed by atoms with Crippen LogP contribution in [0.3, 0.4) is 0 Å². The second-order valence-corrected chi connectivity index (χ2v) is 10.1. The van der Waals surface area contributed by atoms with Crippen LogP contribution >= 0.6 is 0 Å². The molecule has 3 heterocycles. The Bertz CT molecular complexity index is 765. The number of nitrogens with one attached hydrogen (secondary N) is 1. The first kappa shape index (κ1) is 22.6. The summed E-state index contributed by atoms with van der Waals surface area (Å²) in [5, 5.41) is 3.08. The monoisotopic (exact) mass is 428 g/mol. The molecular weight excluding hydrogens is 388 g/mol. The van der Waals surface area contributed by atoms with Gasteiger partial charge in [0.15, 0.2) is 0 Å². The minimum atomic E-state index is -0.0463. The van der Waals surface area contributed by atoms with E-state index in [1.165, 1.54) is 37.3 Å². The number of ether oxygens (including phenoxy) is 1. The molecule has 0 bridgehead atoms. The molecule has 172 valence electrons. The number of hydrogen-bond donors (Lipinski definition) is 1. The zero-order chi connectivity index (χ0) is 22.0. The number of aryl methyl sites for hydroxylation is 2. The first-order chi connectivity index (χ1) is 14.8. The summed E-state index contributed by atoms with van der Waals surface area (Å²) in [4.78, 5) is 20.0. The van der Waals surface area contributed by atoms with Gasteiger partial charge in [0.1, 0.15) is 0 Å². The van der Waals surface area contributed by atoms with E-state index in [0.29, 0.717) is 12.1 Å². The van der Waals surface area contributed by atoms with Crippen molar-refractivity contribution in [3.05, 3.63) is 29.3 Å². The minimum Gasteiger partial charge on any atom is -0.375 e. The molecule has 0 aliphatic carbocycles. The van der Waals surface area contributed by atoms with Crippen LogP contribution in [0, 0.1) is 13.8 Å². The van der Waals surface area contributed by atoms with Gasteiger partial charge in [-0.15, -0.1) is 0 Å². The number of piperazine rings is 1. The Morgan fingerprint density at radius 3 is 2.42 bits per heavy atom. The fourth-order valence-corrected chi connectivity index (χ4v) is 5.42. The molecule has 1 aromatic carbocycles. The van der Waals surface area contributed by atoms with E-state index in [-0.39, 0.29) is 11.6 Å². The van der Waals surface area contributed by atoms with Crippen molar-refractivity contribution < 1.29 is 9.53 Å². The number of urea groups is 1. The molecule has 0 aromatic heterocycles. The third kappa shape index (κ3) is 5.24. The number of hydrogen-bond acceptors (Lipinski definition) is 4. The number of rotatable bonds is 3. The molecule has 6 heteroatoms. The van der Waals surface area contributed by atoms with Crippen LogP contribution in [0.2, 0.25) is 0 Å². The maximum atomic E-state index is 12.8. The summed E-state index contributed by atoms with van der Waals surface area (Å²) in [5.41, 5.74) is 3.27. The van der Waals surface area contributed by atoms with Crippen molar-refractivity contribution in [2.75, 3.05) is 51.2 Å². The molecule has 1 spiro atoms. The van der Waals surface area contributed by atoms with E-state index in [2.05, 4.69) is 48.9 Å². The summed E-state index contributed by atoms with van der Waals surface area (Å²) >= 11 is 0. The van der Waals surface area contributed by atoms with Gasteiger partial charge in [-0.1, -0.05) is 6.07 Å². The number of benzene rings is 1. The lowest BCUT2D eigenvalue weighted by Gasteiger charge is -2.50. The molecule has 3 aliphatic rings. The van der Waals surface area contributed by atoms with E-state index < -0.39 is 0 Å². The largest absolute Gasteiger partial charge is 0.375 e. The summed E-state index contributed by atoms with van der Waals surface area (Å²) in [6.07, 6.45) is 4.13. The van der Waals surface area contributed by atoms with Gasteiger partial charge < -0.3 is 15.0 Å². The molecule has 6 nitrogen and oxygen atoms in total. The average Bonchev–Trinajstić information content (AvgIpc) is 2.77. The Hall–Kier alpha value is -1.63. The van der Waals surface area contributed by atoms with E-state index in [0.717, 1.165) is 51.1 Å². The topological polar surface area (TPSA) is 48.1 Å². The normalized spacial score (nSPS) is 25.2. The number of nitrogens with zero attached hydrogens (tertiary/aromatic N) is 3. The summed E-state index contributed by atoms with van der Waals surface area (Å²) in [5.74, 6) is 0. The molecule has 0 saturated carbocycles. The van der Waals surface area contributed by atoms with Crippen molar-refractivity contribution in [3.8, 4) is 0 Å². The highest BCUT2D eigenvalue weighted by Gasteiger charge is 2.43. The van der Waals surface area contributed by atoms with Gasteiger partial charge in [0.25, 0.3) is 0 Å². The second-order valence-electron chi connectivity index (χ2n) is 10.1. The number of amides is 2. The molecule has 1 atom stereocenters. The van der Waals surface area contributed by atoms with Crippen LogP contribution in [0.4, 0.5) is 10.5 Å². The predicted octanol–water partition coefficient (Wildman–Crippen LogP) is 3.87. The van der Waals surface area contributed by atoms with Gasteiger partial charge in [0.2, 0.25) is 0 Å². The Labute approximate surface area is 187 Å². The SMILES string of the molecule is Cc1ccc(NC(=O)N2CCC3(CC2)C[C@H](N2CCN(C(C)C)CC2)CCO3)cc1C. The number of piperidine rings is 1. The lowest BCUT2D eigenvalue weighted by atomic mass is 9.81. The zero-order valence-corrected chi connectivity index (χ0v) is 19.8. The molecule has 3 saturated heterocycles. The van der Waals surface area contributed by atoms with E-state index in [1.807, 2.05) is 17.0 Å². The Morgan fingerprint density at radius 2 is 1.77 bits per heavy atom. The predicted molar refractivity (Wildman–Crippen MR) is 126 cm³/mol. The van der Waals surface area contributed by atoms with Crippen LogP contribution in [0.15, 0.2) is 18.2 Å². The van der Waals surface area contributed by atoms with Crippen LogP contribution in [-0.4, -0.2) is 84.3 Å². The number of carbonyl (C=O) groups is 1. The highest BCUT2D eigenvalue weighted by molar-refractivity contribution is 5.89. The lowest BCUT2D eigenvalue weighted by Crippen LogP contribution is -2.58. The summed E-state index contributed by atoms with van der Waals surface area (Å²) in [7, 11) is 0. The number of anilines is 1. The van der Waals surface area contributed by atoms with E-state index in [1.54, 1.807) is 0 Å². The summed E-state index contributed by atoms with van der Waals surface area (Å²) in [6.45, 7) is 15.8. The first-order valence-corrected chi connectivity index (χ1v) is 12.1. The molecule has 4 rings (SSSR count). The molecule has 3 aliphatic heterocycles. The molecule has 3 fully saturated rings. The Kier molecular flexibility index (Phi) is 6.89. The van der Waals surface area contributed by atoms with Gasteiger partial charge in [-0.05, 0) is 76.6 Å². The van der Waals surface area contributed by atoms with Crippen molar-refractivity contribution in [2.45, 2.75) is 71.1 Å². The van der Waals surface area contributed by atoms with Crippen molar-refractivity contribution >= 4 is 11.7 Å². The maximum absolute atomic E-state index is 12.8. The Balaban J connectivity index is 1.29. The molecule has 0 unspecified atom stereocenters. The van der Waals surface area contributed by atoms with Gasteiger partial charge in [-0.25, -0.2) is 4.79 Å². The van der Waals surface area contributed by atoms with Crippen molar-refractivity contribution in [3.63, 3.8) is 0 Å². The molecule has 2 amide bonds. The van der Waals surface area contributed by atoms with Crippen LogP contribution in [0.1, 0.15) is 50.7 Å². The van der Waals surface area contributed by atoms with Crippen LogP contribution in [0.25, 0.3) is 0 Å². The van der Waals surface area contributed by atoms with Gasteiger partial charge in [0.05, 0.1) is 5.60 Å². The standard InChI is InChI=1S/C25H40N4O2/c1-19(2)27-12-14-28(15-13-27)23-7-16-31-25(18-23)8-10-29(11-9-25)24(30)26-22-6-5-20(3)21(4)17-22/h5-6,17,19,23H,7-16,18H2,1-4H3,(H,26,30)/t23-/m1/s1. The minimum absolute atomic E-state index is 0.00951. The molecule has 31 heavy (non-hydrogen) atoms. The smallest absolute Gasteiger partial charge is 0.321 e. The third-order valence-corrected chi connectivity index (χ3v) is 7.78.